The van der Waals surface area contributed by atoms with Gasteiger partial charge in [0.25, 0.3) is 0 Å². The van der Waals surface area contributed by atoms with Crippen LogP contribution in [0.15, 0.2) is 0 Å². The van der Waals surface area contributed by atoms with Crippen molar-refractivity contribution in [2.24, 2.45) is 0 Å². The molecule has 0 aromatic rings. The summed E-state index contributed by atoms with van der Waals surface area (Å²) in [5.41, 5.74) is 0. The first-order chi connectivity index (χ1) is 8.59. The summed E-state index contributed by atoms with van der Waals surface area (Å²) >= 11 is 0. The van der Waals surface area contributed by atoms with E-state index >= 15 is 0 Å². The molecule has 5 heteroatoms. The van der Waals surface area contributed by atoms with E-state index < -0.39 is 12.0 Å². The average Bonchev–Trinajstić information content (AvgIpc) is 2.57. The van der Waals surface area contributed by atoms with E-state index in [-0.39, 0.29) is 18.5 Å². The molecule has 5 nitrogen and oxygen atoms in total. The molecule has 1 saturated carbocycles. The Bertz CT molecular complexity index is 324. The molecular formula is C13H22N2O3. The first-order valence-corrected chi connectivity index (χ1v) is 6.82. The van der Waals surface area contributed by atoms with Gasteiger partial charge in [0.2, 0.25) is 5.91 Å². The van der Waals surface area contributed by atoms with Crippen molar-refractivity contribution in [1.82, 2.24) is 9.80 Å². The highest BCUT2D eigenvalue weighted by molar-refractivity contribution is 5.83. The van der Waals surface area contributed by atoms with Crippen LogP contribution in [0.1, 0.15) is 38.5 Å². The molecule has 1 unspecified atom stereocenters. The number of hydrogen-bond donors (Lipinski definition) is 1. The fraction of sp³-hybridized carbons (Fsp3) is 0.846. The number of carboxylic acids is 1. The second-order valence-corrected chi connectivity index (χ2v) is 5.46. The molecule has 1 amide bonds. The van der Waals surface area contributed by atoms with Crippen LogP contribution in [-0.2, 0) is 9.59 Å². The van der Waals surface area contributed by atoms with Crippen LogP contribution < -0.4 is 0 Å². The van der Waals surface area contributed by atoms with Gasteiger partial charge in [0.05, 0.1) is 6.54 Å². The second kappa shape index (κ2) is 5.69. The van der Waals surface area contributed by atoms with Gasteiger partial charge in [-0.3, -0.25) is 14.5 Å². The van der Waals surface area contributed by atoms with Gasteiger partial charge >= 0.3 is 5.97 Å². The molecule has 1 aliphatic heterocycles. The summed E-state index contributed by atoms with van der Waals surface area (Å²) < 4.78 is 0. The van der Waals surface area contributed by atoms with E-state index in [1.165, 1.54) is 12.8 Å². The smallest absolute Gasteiger partial charge is 0.322 e. The molecule has 1 N–H and O–H groups in total. The molecule has 1 heterocycles. The van der Waals surface area contributed by atoms with Crippen molar-refractivity contribution in [2.75, 3.05) is 20.1 Å². The van der Waals surface area contributed by atoms with Gasteiger partial charge in [-0.2, -0.15) is 0 Å². The molecule has 2 fully saturated rings. The Morgan fingerprint density at radius 2 is 1.83 bits per heavy atom. The van der Waals surface area contributed by atoms with Gasteiger partial charge in [-0.1, -0.05) is 25.7 Å². The second-order valence-electron chi connectivity index (χ2n) is 5.46. The van der Waals surface area contributed by atoms with E-state index in [9.17, 15) is 14.7 Å². The van der Waals surface area contributed by atoms with Gasteiger partial charge in [0, 0.05) is 12.6 Å². The molecule has 0 aromatic heterocycles. The summed E-state index contributed by atoms with van der Waals surface area (Å²) in [5, 5.41) is 9.19. The van der Waals surface area contributed by atoms with Crippen molar-refractivity contribution in [2.45, 2.75) is 50.6 Å². The molecule has 0 radical (unpaired) electrons. The first-order valence-electron chi connectivity index (χ1n) is 6.82. The molecule has 1 atom stereocenters. The Kier molecular flexibility index (Phi) is 4.22. The lowest BCUT2D eigenvalue weighted by Gasteiger charge is -2.41. The van der Waals surface area contributed by atoms with Crippen molar-refractivity contribution in [3.05, 3.63) is 0 Å². The zero-order valence-corrected chi connectivity index (χ0v) is 11.0. The summed E-state index contributed by atoms with van der Waals surface area (Å²) in [6.45, 7) is 0.572. The Morgan fingerprint density at radius 1 is 1.22 bits per heavy atom. The van der Waals surface area contributed by atoms with Gasteiger partial charge in [-0.05, 0) is 19.9 Å². The summed E-state index contributed by atoms with van der Waals surface area (Å²) in [5.74, 6) is -0.745. The highest BCUT2D eigenvalue weighted by Crippen LogP contribution is 2.24. The zero-order chi connectivity index (χ0) is 13.1. The lowest BCUT2D eigenvalue weighted by molar-refractivity contribution is -0.152. The molecule has 18 heavy (non-hydrogen) atoms. The van der Waals surface area contributed by atoms with Gasteiger partial charge in [0.15, 0.2) is 0 Å². The predicted octanol–water partition coefficient (Wildman–Crippen LogP) is 0.936. The number of carboxylic acid groups (broad SMARTS) is 1. The zero-order valence-electron chi connectivity index (χ0n) is 11.0. The monoisotopic (exact) mass is 254 g/mol. The number of aliphatic carboxylic acids is 1. The molecule has 0 aromatic carbocycles. The minimum atomic E-state index is -0.830. The van der Waals surface area contributed by atoms with Crippen molar-refractivity contribution < 1.29 is 14.7 Å². The SMILES string of the molecule is CN1CC(=O)N(C2CCCCCC2)CC1C(=O)O. The van der Waals surface area contributed by atoms with E-state index in [1.54, 1.807) is 11.9 Å². The van der Waals surface area contributed by atoms with E-state index in [1.807, 2.05) is 4.90 Å². The van der Waals surface area contributed by atoms with Crippen LogP contribution in [0.25, 0.3) is 0 Å². The van der Waals surface area contributed by atoms with Crippen LogP contribution in [0.2, 0.25) is 0 Å². The number of rotatable bonds is 2. The Labute approximate surface area is 108 Å². The number of piperazine rings is 1. The molecule has 102 valence electrons. The molecule has 2 aliphatic rings. The van der Waals surface area contributed by atoms with Gasteiger partial charge in [0.1, 0.15) is 6.04 Å². The van der Waals surface area contributed by atoms with E-state index in [2.05, 4.69) is 0 Å². The minimum absolute atomic E-state index is 0.0851. The molecular weight excluding hydrogens is 232 g/mol. The number of carbonyl (C=O) groups is 2. The van der Waals surface area contributed by atoms with Crippen LogP contribution in [-0.4, -0.2) is 59.0 Å². The van der Waals surface area contributed by atoms with E-state index in [4.69, 9.17) is 0 Å². The summed E-state index contributed by atoms with van der Waals surface area (Å²) in [7, 11) is 1.71. The number of nitrogens with zero attached hydrogens (tertiary/aromatic N) is 2. The molecule has 0 spiro atoms. The quantitative estimate of drug-likeness (QED) is 0.745. The maximum Gasteiger partial charge on any atom is 0.322 e. The van der Waals surface area contributed by atoms with Crippen molar-refractivity contribution >= 4 is 11.9 Å². The standard InChI is InChI=1S/C13H22N2O3/c1-14-9-12(16)15(8-11(14)13(17)18)10-6-4-2-3-5-7-10/h10-11H,2-9H2,1H3,(H,17,18). The average molecular weight is 254 g/mol. The third-order valence-electron chi connectivity index (χ3n) is 4.16. The van der Waals surface area contributed by atoms with Crippen LogP contribution in [0, 0.1) is 0 Å². The predicted molar refractivity (Wildman–Crippen MR) is 67.3 cm³/mol. The highest BCUT2D eigenvalue weighted by Gasteiger charge is 2.37. The summed E-state index contributed by atoms with van der Waals surface area (Å²) in [6, 6.07) is -0.290. The fourth-order valence-electron chi connectivity index (χ4n) is 3.03. The lowest BCUT2D eigenvalue weighted by Crippen LogP contribution is -2.60. The highest BCUT2D eigenvalue weighted by atomic mass is 16.4. The number of likely N-dealkylation sites (N-methyl/N-ethyl adjacent to an activating group) is 1. The first kappa shape index (κ1) is 13.3. The topological polar surface area (TPSA) is 60.9 Å². The maximum absolute atomic E-state index is 12.1. The number of amides is 1. The Hall–Kier alpha value is -1.10. The van der Waals surface area contributed by atoms with Gasteiger partial charge in [-0.25, -0.2) is 0 Å². The summed E-state index contributed by atoms with van der Waals surface area (Å²) in [6.07, 6.45) is 6.84. The Morgan fingerprint density at radius 3 is 2.39 bits per heavy atom. The van der Waals surface area contributed by atoms with E-state index in [0.29, 0.717) is 6.54 Å². The van der Waals surface area contributed by atoms with Crippen molar-refractivity contribution in [3.8, 4) is 0 Å². The van der Waals surface area contributed by atoms with Crippen LogP contribution >= 0.6 is 0 Å². The van der Waals surface area contributed by atoms with E-state index in [0.717, 1.165) is 25.7 Å². The largest absolute Gasteiger partial charge is 0.480 e. The van der Waals surface area contributed by atoms with Crippen molar-refractivity contribution in [3.63, 3.8) is 0 Å². The lowest BCUT2D eigenvalue weighted by atomic mass is 10.0. The summed E-state index contributed by atoms with van der Waals surface area (Å²) in [4.78, 5) is 26.7. The molecule has 0 bridgehead atoms. The van der Waals surface area contributed by atoms with Crippen LogP contribution in [0.3, 0.4) is 0 Å². The number of hydrogen-bond acceptors (Lipinski definition) is 3. The van der Waals surface area contributed by atoms with Crippen LogP contribution in [0.5, 0.6) is 0 Å². The van der Waals surface area contributed by atoms with Gasteiger partial charge < -0.3 is 10.0 Å². The van der Waals surface area contributed by atoms with Crippen molar-refractivity contribution in [1.29, 1.82) is 0 Å². The number of carbonyl (C=O) groups excluding carboxylic acids is 1. The Balaban J connectivity index is 2.06. The van der Waals surface area contributed by atoms with Crippen LogP contribution in [0.4, 0.5) is 0 Å². The fourth-order valence-corrected chi connectivity index (χ4v) is 3.03. The molecule has 1 aliphatic carbocycles. The maximum atomic E-state index is 12.1. The van der Waals surface area contributed by atoms with Gasteiger partial charge in [-0.15, -0.1) is 0 Å². The molecule has 2 rings (SSSR count). The molecule has 1 saturated heterocycles. The minimum Gasteiger partial charge on any atom is -0.480 e. The third kappa shape index (κ3) is 2.83. The normalized spacial score (nSPS) is 28.2. The third-order valence-corrected chi connectivity index (χ3v) is 4.16.